The molecule has 2 N–H and O–H groups in total. The van der Waals surface area contributed by atoms with Gasteiger partial charge in [0.1, 0.15) is 0 Å². The molecule has 2 rings (SSSR count). The third kappa shape index (κ3) is 4.90. The van der Waals surface area contributed by atoms with E-state index < -0.39 is 21.7 Å². The first kappa shape index (κ1) is 18.7. The van der Waals surface area contributed by atoms with E-state index >= 15 is 0 Å². The molecule has 9 heteroatoms. The van der Waals surface area contributed by atoms with E-state index in [0.717, 1.165) is 0 Å². The Bertz CT molecular complexity index is 847. The Balaban J connectivity index is 2.03. The maximum absolute atomic E-state index is 12.1. The van der Waals surface area contributed by atoms with Gasteiger partial charge >= 0.3 is 11.8 Å². The van der Waals surface area contributed by atoms with E-state index in [2.05, 4.69) is 15.7 Å². The molecule has 0 aliphatic heterocycles. The highest BCUT2D eigenvalue weighted by Crippen LogP contribution is 2.21. The summed E-state index contributed by atoms with van der Waals surface area (Å²) in [6.07, 6.45) is 3.36. The summed E-state index contributed by atoms with van der Waals surface area (Å²) in [5.41, 5.74) is 0.0872. The van der Waals surface area contributed by atoms with Gasteiger partial charge in [-0.3, -0.25) is 14.3 Å². The molecular weight excluding hydrogens is 344 g/mol. The fraction of sp³-hybridized carbons (Fsp3) is 0.312. The predicted molar refractivity (Wildman–Crippen MR) is 92.6 cm³/mol. The second-order valence-corrected chi connectivity index (χ2v) is 7.70. The number of sulfone groups is 1. The van der Waals surface area contributed by atoms with Gasteiger partial charge in [0.2, 0.25) is 0 Å². The van der Waals surface area contributed by atoms with Gasteiger partial charge in [-0.25, -0.2) is 8.42 Å². The zero-order valence-electron chi connectivity index (χ0n) is 14.0. The van der Waals surface area contributed by atoms with Crippen LogP contribution >= 0.6 is 0 Å². The lowest BCUT2D eigenvalue weighted by molar-refractivity contribution is -0.136. The van der Waals surface area contributed by atoms with Gasteiger partial charge in [-0.1, -0.05) is 19.1 Å². The number of amides is 2. The average Bonchev–Trinajstić information content (AvgIpc) is 3.07. The summed E-state index contributed by atoms with van der Waals surface area (Å²) >= 11 is 0. The molecule has 134 valence electrons. The molecule has 0 saturated heterocycles. The number of hydrogen-bond acceptors (Lipinski definition) is 5. The first-order valence-electron chi connectivity index (χ1n) is 7.74. The summed E-state index contributed by atoms with van der Waals surface area (Å²) in [5, 5.41) is 8.93. The smallest absolute Gasteiger partial charge is 0.313 e. The molecule has 1 aromatic heterocycles. The number of hydrogen-bond donors (Lipinski definition) is 2. The molecule has 0 fully saturated rings. The SMILES string of the molecule is CCS(=O)(=O)c1ccccc1NC(=O)C(=O)N[C@@H](C)Cn1cccn1. The van der Waals surface area contributed by atoms with Crippen molar-refractivity contribution in [1.29, 1.82) is 0 Å². The Labute approximate surface area is 146 Å². The van der Waals surface area contributed by atoms with Crippen molar-refractivity contribution in [3.63, 3.8) is 0 Å². The molecule has 2 amide bonds. The quantitative estimate of drug-likeness (QED) is 0.738. The predicted octanol–water partition coefficient (Wildman–Crippen LogP) is 0.820. The lowest BCUT2D eigenvalue weighted by Crippen LogP contribution is -2.42. The van der Waals surface area contributed by atoms with Crippen LogP contribution in [0.3, 0.4) is 0 Å². The number of nitrogens with one attached hydrogen (secondary N) is 2. The molecule has 25 heavy (non-hydrogen) atoms. The number of nitrogens with zero attached hydrogens (tertiary/aromatic N) is 2. The van der Waals surface area contributed by atoms with Gasteiger partial charge in [-0.2, -0.15) is 5.10 Å². The zero-order valence-corrected chi connectivity index (χ0v) is 14.8. The van der Waals surface area contributed by atoms with E-state index in [9.17, 15) is 18.0 Å². The van der Waals surface area contributed by atoms with Crippen molar-refractivity contribution in [2.75, 3.05) is 11.1 Å². The minimum absolute atomic E-state index is 0.0109. The highest BCUT2D eigenvalue weighted by atomic mass is 32.2. The van der Waals surface area contributed by atoms with E-state index in [1.54, 1.807) is 42.2 Å². The van der Waals surface area contributed by atoms with Gasteiger partial charge in [0.15, 0.2) is 9.84 Å². The monoisotopic (exact) mass is 364 g/mol. The van der Waals surface area contributed by atoms with Crippen LogP contribution in [0.5, 0.6) is 0 Å². The van der Waals surface area contributed by atoms with E-state index in [-0.39, 0.29) is 22.4 Å². The lowest BCUT2D eigenvalue weighted by Gasteiger charge is -2.14. The summed E-state index contributed by atoms with van der Waals surface area (Å²) in [6, 6.07) is 7.42. The van der Waals surface area contributed by atoms with Gasteiger partial charge in [-0.15, -0.1) is 0 Å². The van der Waals surface area contributed by atoms with Crippen molar-refractivity contribution in [3.8, 4) is 0 Å². The van der Waals surface area contributed by atoms with Crippen molar-refractivity contribution in [2.45, 2.75) is 31.3 Å². The van der Waals surface area contributed by atoms with Crippen molar-refractivity contribution < 1.29 is 18.0 Å². The standard InChI is InChI=1S/C16H20N4O4S/c1-3-25(23,24)14-8-5-4-7-13(14)19-16(22)15(21)18-12(2)11-20-10-6-9-17-20/h4-10,12H,3,11H2,1-2H3,(H,18,21)(H,19,22)/t12-/m0/s1. The fourth-order valence-electron chi connectivity index (χ4n) is 2.20. The first-order chi connectivity index (χ1) is 11.8. The molecule has 0 radical (unpaired) electrons. The van der Waals surface area contributed by atoms with Gasteiger partial charge in [0.25, 0.3) is 0 Å². The van der Waals surface area contributed by atoms with Gasteiger partial charge in [0, 0.05) is 18.4 Å². The van der Waals surface area contributed by atoms with Crippen LogP contribution in [0.1, 0.15) is 13.8 Å². The molecule has 0 bridgehead atoms. The Kier molecular flexibility index (Phi) is 5.92. The first-order valence-corrected chi connectivity index (χ1v) is 9.39. The topological polar surface area (TPSA) is 110 Å². The number of anilines is 1. The molecule has 0 saturated carbocycles. The maximum Gasteiger partial charge on any atom is 0.313 e. The van der Waals surface area contributed by atoms with Crippen LogP contribution in [-0.2, 0) is 26.0 Å². The fourth-order valence-corrected chi connectivity index (χ4v) is 3.25. The molecule has 0 aliphatic carbocycles. The molecule has 1 heterocycles. The summed E-state index contributed by atoms with van der Waals surface area (Å²) in [5.74, 6) is -1.87. The Morgan fingerprint density at radius 1 is 1.20 bits per heavy atom. The molecule has 0 unspecified atom stereocenters. The van der Waals surface area contributed by atoms with Gasteiger partial charge in [0.05, 0.1) is 22.9 Å². The van der Waals surface area contributed by atoms with Crippen molar-refractivity contribution in [1.82, 2.24) is 15.1 Å². The Morgan fingerprint density at radius 3 is 2.56 bits per heavy atom. The second-order valence-electron chi connectivity index (χ2n) is 5.46. The van der Waals surface area contributed by atoms with E-state index in [1.165, 1.54) is 19.1 Å². The molecule has 2 aromatic rings. The normalized spacial score (nSPS) is 12.4. The third-order valence-corrected chi connectivity index (χ3v) is 5.24. The van der Waals surface area contributed by atoms with Crippen LogP contribution in [0.25, 0.3) is 0 Å². The lowest BCUT2D eigenvalue weighted by atomic mass is 10.3. The van der Waals surface area contributed by atoms with Crippen molar-refractivity contribution in [3.05, 3.63) is 42.7 Å². The van der Waals surface area contributed by atoms with E-state index in [1.807, 2.05) is 0 Å². The average molecular weight is 364 g/mol. The second kappa shape index (κ2) is 7.93. The summed E-state index contributed by atoms with van der Waals surface area (Å²) in [7, 11) is -3.52. The summed E-state index contributed by atoms with van der Waals surface area (Å²) in [4.78, 5) is 24.1. The number of carbonyl (C=O) groups is 2. The van der Waals surface area contributed by atoms with Crippen LogP contribution in [0.4, 0.5) is 5.69 Å². The highest BCUT2D eigenvalue weighted by molar-refractivity contribution is 7.91. The van der Waals surface area contributed by atoms with Crippen LogP contribution in [0.15, 0.2) is 47.6 Å². The molecule has 1 atom stereocenters. The van der Waals surface area contributed by atoms with Gasteiger partial charge in [-0.05, 0) is 25.1 Å². The summed E-state index contributed by atoms with van der Waals surface area (Å²) in [6.45, 7) is 3.66. The highest BCUT2D eigenvalue weighted by Gasteiger charge is 2.21. The van der Waals surface area contributed by atoms with Crippen molar-refractivity contribution in [2.24, 2.45) is 0 Å². The van der Waals surface area contributed by atoms with Crippen LogP contribution in [0.2, 0.25) is 0 Å². The number of benzene rings is 1. The summed E-state index contributed by atoms with van der Waals surface area (Å²) < 4.78 is 25.8. The third-order valence-electron chi connectivity index (χ3n) is 3.45. The minimum atomic E-state index is -3.52. The maximum atomic E-state index is 12.1. The molecular formula is C16H20N4O4S. The Morgan fingerprint density at radius 2 is 1.92 bits per heavy atom. The van der Waals surface area contributed by atoms with E-state index in [4.69, 9.17) is 0 Å². The van der Waals surface area contributed by atoms with Crippen LogP contribution in [0, 0.1) is 0 Å². The van der Waals surface area contributed by atoms with Crippen LogP contribution in [-0.4, -0.2) is 41.8 Å². The minimum Gasteiger partial charge on any atom is -0.344 e. The van der Waals surface area contributed by atoms with Gasteiger partial charge < -0.3 is 10.6 Å². The van der Waals surface area contributed by atoms with E-state index in [0.29, 0.717) is 6.54 Å². The largest absolute Gasteiger partial charge is 0.344 e. The number of para-hydroxylation sites is 1. The number of aromatic nitrogens is 2. The molecule has 0 aliphatic rings. The Hall–Kier alpha value is -2.68. The molecule has 8 nitrogen and oxygen atoms in total. The zero-order chi connectivity index (χ0) is 18.4. The molecule has 1 aromatic carbocycles. The number of rotatable bonds is 6. The number of carbonyl (C=O) groups excluding carboxylic acids is 2. The van der Waals surface area contributed by atoms with Crippen LogP contribution < -0.4 is 10.6 Å². The molecule has 0 spiro atoms. The van der Waals surface area contributed by atoms with Crippen molar-refractivity contribution >= 4 is 27.3 Å².